The van der Waals surface area contributed by atoms with Crippen LogP contribution in [0.3, 0.4) is 0 Å². The van der Waals surface area contributed by atoms with Gasteiger partial charge in [-0.15, -0.1) is 0 Å². The minimum absolute atomic E-state index is 0.652. The van der Waals surface area contributed by atoms with Gasteiger partial charge in [0.15, 0.2) is 6.79 Å². The van der Waals surface area contributed by atoms with Crippen LogP contribution in [-0.4, -0.2) is 17.3 Å². The van der Waals surface area contributed by atoms with E-state index in [9.17, 15) is 18.9 Å². The van der Waals surface area contributed by atoms with Crippen LogP contribution in [0.25, 0.3) is 0 Å². The second kappa shape index (κ2) is 5.03. The molecule has 0 aliphatic carbocycles. The SMILES string of the molecule is CC(C)(C)OCOP(=O)([O-])OP(=O)([O-])O. The molecule has 8 nitrogen and oxygen atoms in total. The monoisotopic (exact) mass is 262 g/mol. The Kier molecular flexibility index (Phi) is 5.11. The van der Waals surface area contributed by atoms with Crippen molar-refractivity contribution >= 4 is 15.6 Å². The van der Waals surface area contributed by atoms with Gasteiger partial charge in [-0.1, -0.05) is 0 Å². The van der Waals surface area contributed by atoms with Gasteiger partial charge in [0.05, 0.1) is 5.60 Å². The molecule has 0 aromatic heterocycles. The highest BCUT2D eigenvalue weighted by atomic mass is 31.3. The standard InChI is InChI=1S/C5H14O8P2/c1-5(2,3)11-4-12-15(9,10)13-14(6,7)8/h4H2,1-3H3,(H,9,10)(H2,6,7,8)/p-2. The zero-order valence-corrected chi connectivity index (χ0v) is 10.2. The highest BCUT2D eigenvalue weighted by Gasteiger charge is 2.18. The van der Waals surface area contributed by atoms with Gasteiger partial charge >= 0.3 is 0 Å². The molecule has 0 aliphatic heterocycles. The number of ether oxygens (including phenoxy) is 1. The van der Waals surface area contributed by atoms with E-state index in [1.807, 2.05) is 0 Å². The lowest BCUT2D eigenvalue weighted by atomic mass is 10.2. The van der Waals surface area contributed by atoms with Gasteiger partial charge in [-0.25, -0.2) is 4.31 Å². The van der Waals surface area contributed by atoms with E-state index in [0.29, 0.717) is 0 Å². The van der Waals surface area contributed by atoms with Crippen molar-refractivity contribution < 1.29 is 37.4 Å². The van der Waals surface area contributed by atoms with Crippen molar-refractivity contribution in [3.05, 3.63) is 0 Å². The first kappa shape index (κ1) is 15.2. The third-order valence-electron chi connectivity index (χ3n) is 0.906. The lowest BCUT2D eigenvalue weighted by molar-refractivity contribution is -0.247. The number of hydrogen-bond acceptors (Lipinski definition) is 7. The van der Waals surface area contributed by atoms with Gasteiger partial charge < -0.3 is 19.4 Å². The Labute approximate surface area is 87.0 Å². The zero-order chi connectivity index (χ0) is 12.3. The van der Waals surface area contributed by atoms with E-state index < -0.39 is 28.0 Å². The van der Waals surface area contributed by atoms with E-state index in [-0.39, 0.29) is 0 Å². The summed E-state index contributed by atoms with van der Waals surface area (Å²) < 4.78 is 32.9. The molecule has 0 aromatic carbocycles. The fourth-order valence-corrected chi connectivity index (χ4v) is 1.80. The Bertz CT molecular complexity index is 288. The van der Waals surface area contributed by atoms with Gasteiger partial charge in [-0.3, -0.25) is 13.7 Å². The largest absolute Gasteiger partial charge is 0.756 e. The van der Waals surface area contributed by atoms with Crippen LogP contribution in [0, 0.1) is 0 Å². The normalized spacial score (nSPS) is 20.7. The molecule has 0 saturated carbocycles. The second-order valence-electron chi connectivity index (χ2n) is 3.50. The van der Waals surface area contributed by atoms with Crippen molar-refractivity contribution in [1.82, 2.24) is 0 Å². The number of rotatable bonds is 5. The Morgan fingerprint density at radius 3 is 2.07 bits per heavy atom. The molecule has 0 aromatic rings. The summed E-state index contributed by atoms with van der Waals surface area (Å²) in [6, 6.07) is 0. The summed E-state index contributed by atoms with van der Waals surface area (Å²) in [5, 5.41) is 0. The number of phosphoric ester groups is 1. The molecule has 10 heteroatoms. The van der Waals surface area contributed by atoms with Gasteiger partial charge in [0.1, 0.15) is 0 Å². The fraction of sp³-hybridized carbons (Fsp3) is 1.00. The smallest absolute Gasteiger partial charge is 0.276 e. The highest BCUT2D eigenvalue weighted by Crippen LogP contribution is 2.52. The molecule has 0 fully saturated rings. The first-order valence-corrected chi connectivity index (χ1v) is 6.72. The lowest BCUT2D eigenvalue weighted by Gasteiger charge is -2.28. The lowest BCUT2D eigenvalue weighted by Crippen LogP contribution is -2.22. The van der Waals surface area contributed by atoms with Crippen LogP contribution in [0.2, 0.25) is 0 Å². The molecule has 2 atom stereocenters. The second-order valence-corrected chi connectivity index (χ2v) is 6.24. The van der Waals surface area contributed by atoms with Crippen LogP contribution in [-0.2, 0) is 22.7 Å². The topological polar surface area (TPSA) is 128 Å². The number of phosphoric acid groups is 2. The van der Waals surface area contributed by atoms with Crippen molar-refractivity contribution in [3.63, 3.8) is 0 Å². The van der Waals surface area contributed by atoms with E-state index >= 15 is 0 Å². The maximum absolute atomic E-state index is 10.7. The predicted molar refractivity (Wildman–Crippen MR) is 45.3 cm³/mol. The Balaban J connectivity index is 4.07. The van der Waals surface area contributed by atoms with Gasteiger partial charge in [0.25, 0.3) is 15.6 Å². The first-order chi connectivity index (χ1) is 6.41. The minimum Gasteiger partial charge on any atom is -0.756 e. The summed E-state index contributed by atoms with van der Waals surface area (Å²) in [5.41, 5.74) is -0.652. The summed E-state index contributed by atoms with van der Waals surface area (Å²) in [6.45, 7) is 4.21. The van der Waals surface area contributed by atoms with Crippen LogP contribution in [0.15, 0.2) is 0 Å². The molecule has 0 saturated heterocycles. The van der Waals surface area contributed by atoms with Gasteiger partial charge in [-0.05, 0) is 20.8 Å². The average Bonchev–Trinajstić information content (AvgIpc) is 1.75. The highest BCUT2D eigenvalue weighted by molar-refractivity contribution is 7.59. The quantitative estimate of drug-likeness (QED) is 0.529. The molecule has 15 heavy (non-hydrogen) atoms. The molecule has 0 heterocycles. The molecule has 1 N–H and O–H groups in total. The van der Waals surface area contributed by atoms with E-state index in [1.165, 1.54) is 0 Å². The first-order valence-electron chi connectivity index (χ1n) is 3.76. The van der Waals surface area contributed by atoms with Crippen LogP contribution >= 0.6 is 15.6 Å². The van der Waals surface area contributed by atoms with Crippen molar-refractivity contribution in [2.45, 2.75) is 26.4 Å². The van der Waals surface area contributed by atoms with Gasteiger partial charge in [0, 0.05) is 0 Å². The van der Waals surface area contributed by atoms with Crippen LogP contribution in [0.5, 0.6) is 0 Å². The molecule has 0 spiro atoms. The van der Waals surface area contributed by atoms with E-state index in [0.717, 1.165) is 0 Å². The summed E-state index contributed by atoms with van der Waals surface area (Å²) >= 11 is 0. The van der Waals surface area contributed by atoms with E-state index in [4.69, 9.17) is 9.63 Å². The summed E-state index contributed by atoms with van der Waals surface area (Å²) in [4.78, 5) is 28.9. The van der Waals surface area contributed by atoms with Crippen LogP contribution < -0.4 is 9.79 Å². The summed E-state index contributed by atoms with van der Waals surface area (Å²) in [5.74, 6) is 0. The predicted octanol–water partition coefficient (Wildman–Crippen LogP) is -0.279. The summed E-state index contributed by atoms with van der Waals surface area (Å²) in [7, 11) is -10.5. The molecule has 0 amide bonds. The Morgan fingerprint density at radius 2 is 1.73 bits per heavy atom. The van der Waals surface area contributed by atoms with E-state index in [1.54, 1.807) is 20.8 Å². The Morgan fingerprint density at radius 1 is 1.27 bits per heavy atom. The molecular formula is C5H12O8P2-2. The Hall–Kier alpha value is 0.220. The van der Waals surface area contributed by atoms with Crippen molar-refractivity contribution in [2.24, 2.45) is 0 Å². The number of hydrogen-bond donors (Lipinski definition) is 1. The molecule has 0 radical (unpaired) electrons. The van der Waals surface area contributed by atoms with Crippen LogP contribution in [0.1, 0.15) is 20.8 Å². The van der Waals surface area contributed by atoms with Crippen molar-refractivity contribution in [2.75, 3.05) is 6.79 Å². The van der Waals surface area contributed by atoms with Gasteiger partial charge in [0.2, 0.25) is 0 Å². The molecule has 0 bridgehead atoms. The third kappa shape index (κ3) is 10.5. The fourth-order valence-electron chi connectivity index (χ4n) is 0.418. The van der Waals surface area contributed by atoms with Crippen molar-refractivity contribution in [1.29, 1.82) is 0 Å². The minimum atomic E-state index is -5.37. The molecule has 92 valence electrons. The van der Waals surface area contributed by atoms with Crippen molar-refractivity contribution in [3.8, 4) is 0 Å². The maximum Gasteiger partial charge on any atom is 0.276 e. The zero-order valence-electron chi connectivity index (χ0n) is 8.41. The molecule has 0 rings (SSSR count). The molecule has 2 unspecified atom stereocenters. The van der Waals surface area contributed by atoms with Gasteiger partial charge in [-0.2, -0.15) is 0 Å². The molecular weight excluding hydrogens is 250 g/mol. The van der Waals surface area contributed by atoms with E-state index in [2.05, 4.69) is 8.83 Å². The molecule has 0 aliphatic rings. The summed E-state index contributed by atoms with van der Waals surface area (Å²) in [6.07, 6.45) is 0. The van der Waals surface area contributed by atoms with Crippen LogP contribution in [0.4, 0.5) is 0 Å². The average molecular weight is 262 g/mol. The third-order valence-corrected chi connectivity index (χ3v) is 2.95. The maximum atomic E-state index is 10.7.